The van der Waals surface area contributed by atoms with E-state index in [0.717, 1.165) is 44.6 Å². The maximum atomic E-state index is 11.9. The van der Waals surface area contributed by atoms with Gasteiger partial charge in [0.05, 0.1) is 5.60 Å². The second-order valence-corrected chi connectivity index (χ2v) is 10.4. The van der Waals surface area contributed by atoms with Gasteiger partial charge in [-0.05, 0) is 74.2 Å². The van der Waals surface area contributed by atoms with Crippen LogP contribution in [0.5, 0.6) is 5.75 Å². The van der Waals surface area contributed by atoms with Crippen LogP contribution in [0.1, 0.15) is 62.5 Å². The first kappa shape index (κ1) is 24.9. The highest BCUT2D eigenvalue weighted by Gasteiger charge is 2.63. The number of carbonyl (C=O) groups is 2. The average molecular weight is 478 g/mol. The topological polar surface area (TPSA) is 159 Å². The molecule has 2 saturated carbocycles. The van der Waals surface area contributed by atoms with Crippen molar-refractivity contribution in [2.45, 2.75) is 87.1 Å². The molecule has 9 heteroatoms. The molecule has 0 radical (unpaired) electrons. The highest BCUT2D eigenvalue weighted by molar-refractivity contribution is 5.83. The zero-order valence-electron chi connectivity index (χ0n) is 19.3. The third kappa shape index (κ3) is 4.19. The van der Waals surface area contributed by atoms with Gasteiger partial charge in [0.25, 0.3) is 0 Å². The van der Waals surface area contributed by atoms with E-state index in [0.29, 0.717) is 5.75 Å². The molecule has 1 aliphatic heterocycles. The first-order valence-corrected chi connectivity index (χ1v) is 12.2. The number of aliphatic hydroxyl groups is 3. The Balaban J connectivity index is 0.000000235. The molecule has 5 rings (SSSR count). The molecule has 9 nitrogen and oxygen atoms in total. The lowest BCUT2D eigenvalue weighted by atomic mass is 9.49. The second kappa shape index (κ2) is 9.45. The lowest BCUT2D eigenvalue weighted by Crippen LogP contribution is -2.72. The third-order valence-electron chi connectivity index (χ3n) is 8.60. The Bertz CT molecular complexity index is 915. The number of carboxylic acids is 2. The molecule has 3 aliphatic carbocycles. The molecule has 6 N–H and O–H groups in total. The molecular weight excluding hydrogens is 442 g/mol. The minimum absolute atomic E-state index is 0.127. The van der Waals surface area contributed by atoms with Gasteiger partial charge in [-0.3, -0.25) is 4.90 Å². The SMILES string of the molecule is O=C(O)C(O)C(O)C(=O)O.Oc1ccc2c(c1)[C@@]13CCCCC1(O)[C@@H](C2)N(CC1CCC1)CC3. The standard InChI is InChI=1S/C21H29NO2.C4H6O6/c23-17-7-6-16-12-19-21(24)9-2-1-8-20(21,18(16)13-17)10-11-22(19)14-15-4-3-5-15;5-1(3(7)8)2(6)4(9)10/h6-7,13,15,19,23-24H,1-5,8-12,14H2;1-2,5-6H,(H,7,8)(H,9,10)/t19-,20+,21?;/m1./s1. The van der Waals surface area contributed by atoms with Crippen LogP contribution in [0.2, 0.25) is 0 Å². The average Bonchev–Trinajstić information content (AvgIpc) is 2.76. The van der Waals surface area contributed by atoms with Crippen molar-refractivity contribution in [1.29, 1.82) is 0 Å². The van der Waals surface area contributed by atoms with Crippen LogP contribution in [-0.2, 0) is 21.4 Å². The van der Waals surface area contributed by atoms with Gasteiger partial charge < -0.3 is 30.6 Å². The van der Waals surface area contributed by atoms with Crippen molar-refractivity contribution in [1.82, 2.24) is 4.90 Å². The molecule has 5 atom stereocenters. The number of aliphatic carboxylic acids is 2. The number of phenolic OH excluding ortho intramolecular Hbond substituents is 1. The van der Waals surface area contributed by atoms with E-state index in [9.17, 15) is 19.8 Å². The number of rotatable bonds is 5. The minimum Gasteiger partial charge on any atom is -0.508 e. The first-order chi connectivity index (χ1) is 16.1. The van der Waals surface area contributed by atoms with E-state index in [1.807, 2.05) is 12.1 Å². The summed E-state index contributed by atoms with van der Waals surface area (Å²) in [5, 5.41) is 54.6. The van der Waals surface area contributed by atoms with Crippen LogP contribution in [0.25, 0.3) is 0 Å². The van der Waals surface area contributed by atoms with E-state index in [1.54, 1.807) is 0 Å². The first-order valence-electron chi connectivity index (χ1n) is 12.2. The van der Waals surface area contributed by atoms with Crippen LogP contribution >= 0.6 is 0 Å². The fourth-order valence-corrected chi connectivity index (χ4v) is 6.59. The Morgan fingerprint density at radius 2 is 1.65 bits per heavy atom. The molecule has 1 saturated heterocycles. The quantitative estimate of drug-likeness (QED) is 0.367. The van der Waals surface area contributed by atoms with Gasteiger partial charge in [-0.15, -0.1) is 0 Å². The number of phenols is 1. The van der Waals surface area contributed by atoms with E-state index < -0.39 is 29.7 Å². The lowest BCUT2D eigenvalue weighted by Gasteiger charge is -2.64. The van der Waals surface area contributed by atoms with Crippen molar-refractivity contribution in [3.05, 3.63) is 29.3 Å². The summed E-state index contributed by atoms with van der Waals surface area (Å²) in [5.41, 5.74) is 1.89. The number of fused-ring (bicyclic) bond motifs is 1. The van der Waals surface area contributed by atoms with Crippen molar-refractivity contribution in [2.24, 2.45) is 5.92 Å². The van der Waals surface area contributed by atoms with Crippen LogP contribution in [0.3, 0.4) is 0 Å². The Kier molecular flexibility index (Phi) is 6.92. The zero-order valence-corrected chi connectivity index (χ0v) is 19.3. The van der Waals surface area contributed by atoms with Gasteiger partial charge in [0.15, 0.2) is 12.2 Å². The maximum Gasteiger partial charge on any atom is 0.335 e. The molecule has 2 bridgehead atoms. The number of hydrogen-bond acceptors (Lipinski definition) is 7. The van der Waals surface area contributed by atoms with E-state index in [2.05, 4.69) is 11.0 Å². The molecule has 1 aromatic carbocycles. The monoisotopic (exact) mass is 477 g/mol. The zero-order chi connectivity index (χ0) is 24.7. The van der Waals surface area contributed by atoms with E-state index in [-0.39, 0.29) is 11.5 Å². The highest BCUT2D eigenvalue weighted by atomic mass is 16.4. The third-order valence-corrected chi connectivity index (χ3v) is 8.60. The van der Waals surface area contributed by atoms with Crippen LogP contribution in [0.15, 0.2) is 18.2 Å². The van der Waals surface area contributed by atoms with E-state index >= 15 is 0 Å². The lowest BCUT2D eigenvalue weighted by molar-refractivity contribution is -0.169. The van der Waals surface area contributed by atoms with Crippen molar-refractivity contribution in [3.8, 4) is 5.75 Å². The van der Waals surface area contributed by atoms with Crippen LogP contribution in [0, 0.1) is 5.92 Å². The Hall–Kier alpha value is -2.20. The molecular formula is C25H35NO8. The molecule has 1 heterocycles. The van der Waals surface area contributed by atoms with E-state index in [1.165, 1.54) is 43.4 Å². The summed E-state index contributed by atoms with van der Waals surface area (Å²) in [6.07, 6.45) is 5.93. The van der Waals surface area contributed by atoms with Gasteiger partial charge in [0.2, 0.25) is 0 Å². The number of nitrogens with zero attached hydrogens (tertiary/aromatic N) is 1. The van der Waals surface area contributed by atoms with Gasteiger partial charge in [0, 0.05) is 18.0 Å². The molecule has 0 amide bonds. The molecule has 0 aromatic heterocycles. The number of benzene rings is 1. The van der Waals surface area contributed by atoms with Crippen LogP contribution < -0.4 is 0 Å². The fraction of sp³-hybridized carbons (Fsp3) is 0.680. The van der Waals surface area contributed by atoms with Crippen LogP contribution in [-0.4, -0.2) is 84.4 Å². The molecule has 1 aromatic rings. The summed E-state index contributed by atoms with van der Waals surface area (Å²) in [7, 11) is 0. The Morgan fingerprint density at radius 3 is 2.24 bits per heavy atom. The molecule has 3 unspecified atom stereocenters. The van der Waals surface area contributed by atoms with Crippen molar-refractivity contribution in [2.75, 3.05) is 13.1 Å². The van der Waals surface area contributed by atoms with Crippen molar-refractivity contribution in [3.63, 3.8) is 0 Å². The summed E-state index contributed by atoms with van der Waals surface area (Å²) >= 11 is 0. The fourth-order valence-electron chi connectivity index (χ4n) is 6.59. The summed E-state index contributed by atoms with van der Waals surface area (Å²) < 4.78 is 0. The van der Waals surface area contributed by atoms with Crippen molar-refractivity contribution < 1.29 is 40.2 Å². The van der Waals surface area contributed by atoms with Gasteiger partial charge in [-0.2, -0.15) is 0 Å². The van der Waals surface area contributed by atoms with Gasteiger partial charge in [-0.1, -0.05) is 25.3 Å². The molecule has 188 valence electrons. The number of carboxylic acid groups (broad SMARTS) is 2. The Labute approximate surface area is 198 Å². The summed E-state index contributed by atoms with van der Waals surface area (Å²) in [6, 6.07) is 6.17. The van der Waals surface area contributed by atoms with Gasteiger partial charge in [-0.25, -0.2) is 9.59 Å². The highest BCUT2D eigenvalue weighted by Crippen LogP contribution is 2.58. The largest absolute Gasteiger partial charge is 0.508 e. The summed E-state index contributed by atoms with van der Waals surface area (Å²) in [6.45, 7) is 2.29. The minimum atomic E-state index is -2.27. The smallest absolute Gasteiger partial charge is 0.335 e. The molecule has 34 heavy (non-hydrogen) atoms. The predicted molar refractivity (Wildman–Crippen MR) is 122 cm³/mol. The van der Waals surface area contributed by atoms with E-state index in [4.69, 9.17) is 20.4 Å². The normalized spacial score (nSPS) is 32.1. The Morgan fingerprint density at radius 1 is 1.00 bits per heavy atom. The van der Waals surface area contributed by atoms with Gasteiger partial charge >= 0.3 is 11.9 Å². The number of likely N-dealkylation sites (tertiary alicyclic amines) is 1. The second-order valence-electron chi connectivity index (χ2n) is 10.4. The molecule has 0 spiro atoms. The number of aliphatic hydroxyl groups excluding tert-OH is 2. The van der Waals surface area contributed by atoms with Crippen molar-refractivity contribution >= 4 is 11.9 Å². The van der Waals surface area contributed by atoms with Gasteiger partial charge in [0.1, 0.15) is 5.75 Å². The predicted octanol–water partition coefficient (Wildman–Crippen LogP) is 1.24. The number of piperidine rings is 1. The molecule has 4 aliphatic rings. The maximum absolute atomic E-state index is 11.9. The number of aromatic hydroxyl groups is 1. The molecule has 3 fully saturated rings. The summed E-state index contributed by atoms with van der Waals surface area (Å²) in [4.78, 5) is 22.2. The number of hydrogen-bond donors (Lipinski definition) is 6. The summed E-state index contributed by atoms with van der Waals surface area (Å²) in [5.74, 6) is -2.33. The van der Waals surface area contributed by atoms with Crippen LogP contribution in [0.4, 0.5) is 0 Å².